The molecule has 5 heteroatoms. The van der Waals surface area contributed by atoms with Gasteiger partial charge in [0.1, 0.15) is 5.60 Å². The van der Waals surface area contributed by atoms with E-state index in [1.807, 2.05) is 36.6 Å². The Balaban J connectivity index is 1.77. The summed E-state index contributed by atoms with van der Waals surface area (Å²) in [5.74, 6) is 6.36. The lowest BCUT2D eigenvalue weighted by atomic mass is 9.87. The number of nitrogens with one attached hydrogen (secondary N) is 1. The monoisotopic (exact) mass is 396 g/mol. The van der Waals surface area contributed by atoms with Crippen molar-refractivity contribution in [1.29, 1.82) is 0 Å². The number of nitrogens with zero attached hydrogens (tertiary/aromatic N) is 1. The molecule has 2 N–H and O–H groups in total. The molecule has 0 radical (unpaired) electrons. The lowest BCUT2D eigenvalue weighted by molar-refractivity contribution is -0.118. The first kappa shape index (κ1) is 20.6. The van der Waals surface area contributed by atoms with Crippen molar-refractivity contribution >= 4 is 22.4 Å². The predicted octanol–water partition coefficient (Wildman–Crippen LogP) is 4.96. The number of carbonyl (C=O) groups excluding carboxylic acids is 1. The molecule has 148 valence electrons. The first-order valence-corrected chi connectivity index (χ1v) is 10.9. The highest BCUT2D eigenvalue weighted by molar-refractivity contribution is 7.13. The van der Waals surface area contributed by atoms with Crippen LogP contribution in [0.1, 0.15) is 69.4 Å². The van der Waals surface area contributed by atoms with E-state index in [2.05, 4.69) is 22.1 Å². The van der Waals surface area contributed by atoms with Gasteiger partial charge in [0, 0.05) is 17.1 Å². The van der Waals surface area contributed by atoms with Gasteiger partial charge in [0.25, 0.3) is 0 Å². The number of anilines is 1. The number of benzene rings is 1. The normalized spacial score (nSPS) is 17.4. The highest BCUT2D eigenvalue weighted by Gasteiger charge is 2.27. The van der Waals surface area contributed by atoms with Gasteiger partial charge in [0.2, 0.25) is 5.91 Å². The Morgan fingerprint density at radius 3 is 2.68 bits per heavy atom. The van der Waals surface area contributed by atoms with Crippen LogP contribution in [0.4, 0.5) is 5.13 Å². The summed E-state index contributed by atoms with van der Waals surface area (Å²) in [6.45, 7) is 3.63. The predicted molar refractivity (Wildman–Crippen MR) is 114 cm³/mol. The minimum atomic E-state index is -0.975. The van der Waals surface area contributed by atoms with Gasteiger partial charge in [0.05, 0.1) is 5.92 Å². The van der Waals surface area contributed by atoms with E-state index >= 15 is 0 Å². The maximum atomic E-state index is 13.0. The molecule has 4 nitrogen and oxygen atoms in total. The second-order valence-electron chi connectivity index (χ2n) is 7.76. The fourth-order valence-electron chi connectivity index (χ4n) is 3.55. The second kappa shape index (κ2) is 9.36. The van der Waals surface area contributed by atoms with Crippen LogP contribution in [-0.2, 0) is 4.79 Å². The van der Waals surface area contributed by atoms with Gasteiger partial charge in [-0.25, -0.2) is 4.98 Å². The third kappa shape index (κ3) is 5.67. The molecule has 1 aromatic carbocycles. The summed E-state index contributed by atoms with van der Waals surface area (Å²) in [7, 11) is 0. The Labute approximate surface area is 171 Å². The van der Waals surface area contributed by atoms with E-state index in [1.54, 1.807) is 13.1 Å². The first-order valence-electron chi connectivity index (χ1n) is 10.0. The number of aromatic nitrogens is 1. The lowest BCUT2D eigenvalue weighted by Crippen LogP contribution is -2.23. The summed E-state index contributed by atoms with van der Waals surface area (Å²) in [6, 6.07) is 7.86. The Kier molecular flexibility index (Phi) is 6.88. The smallest absolute Gasteiger partial charge is 0.233 e. The topological polar surface area (TPSA) is 62.2 Å². The van der Waals surface area contributed by atoms with Gasteiger partial charge in [-0.2, -0.15) is 0 Å². The van der Waals surface area contributed by atoms with Crippen molar-refractivity contribution in [2.75, 3.05) is 5.32 Å². The number of thiazole rings is 1. The molecule has 0 bridgehead atoms. The van der Waals surface area contributed by atoms with Crippen LogP contribution in [0.5, 0.6) is 0 Å². The molecule has 1 saturated carbocycles. The molecular weight excluding hydrogens is 368 g/mol. The Morgan fingerprint density at radius 1 is 1.36 bits per heavy atom. The van der Waals surface area contributed by atoms with Crippen LogP contribution < -0.4 is 5.32 Å². The molecule has 28 heavy (non-hydrogen) atoms. The number of aliphatic hydroxyl groups is 1. The zero-order valence-corrected chi connectivity index (χ0v) is 17.4. The van der Waals surface area contributed by atoms with Crippen molar-refractivity contribution in [2.45, 2.75) is 63.9 Å². The van der Waals surface area contributed by atoms with E-state index < -0.39 is 5.60 Å². The molecule has 0 spiro atoms. The number of hydrogen-bond acceptors (Lipinski definition) is 4. The zero-order chi connectivity index (χ0) is 20.0. The van der Waals surface area contributed by atoms with E-state index in [0.29, 0.717) is 17.5 Å². The number of amides is 1. The highest BCUT2D eigenvalue weighted by atomic mass is 32.1. The van der Waals surface area contributed by atoms with Crippen molar-refractivity contribution in [2.24, 2.45) is 5.92 Å². The average Bonchev–Trinajstić information content (AvgIpc) is 3.39. The minimum absolute atomic E-state index is 0.00889. The SMILES string of the molecule is CCC(C)(O)C#Cc1ccc(C(CC2CCCC2)C(=O)Nc2nccs2)cc1. The Bertz CT molecular complexity index is 826. The fourth-order valence-corrected chi connectivity index (χ4v) is 4.08. The number of carbonyl (C=O) groups is 1. The molecule has 1 heterocycles. The van der Waals surface area contributed by atoms with E-state index in [0.717, 1.165) is 17.5 Å². The van der Waals surface area contributed by atoms with Gasteiger partial charge in [-0.05, 0) is 43.4 Å². The van der Waals surface area contributed by atoms with Gasteiger partial charge < -0.3 is 10.4 Å². The van der Waals surface area contributed by atoms with Crippen LogP contribution in [0.15, 0.2) is 35.8 Å². The maximum Gasteiger partial charge on any atom is 0.233 e. The molecule has 2 unspecified atom stereocenters. The molecule has 1 aromatic heterocycles. The molecule has 3 rings (SSSR count). The largest absolute Gasteiger partial charge is 0.378 e. The zero-order valence-electron chi connectivity index (χ0n) is 16.6. The summed E-state index contributed by atoms with van der Waals surface area (Å²) >= 11 is 1.44. The Hall–Kier alpha value is -2.16. The third-order valence-corrected chi connectivity index (χ3v) is 6.19. The molecular formula is C23H28N2O2S. The maximum absolute atomic E-state index is 13.0. The van der Waals surface area contributed by atoms with E-state index in [4.69, 9.17) is 0 Å². The van der Waals surface area contributed by atoms with Crippen molar-refractivity contribution < 1.29 is 9.90 Å². The summed E-state index contributed by atoms with van der Waals surface area (Å²) < 4.78 is 0. The first-order chi connectivity index (χ1) is 13.5. The van der Waals surface area contributed by atoms with Gasteiger partial charge >= 0.3 is 0 Å². The average molecular weight is 397 g/mol. The van der Waals surface area contributed by atoms with Gasteiger partial charge in [-0.15, -0.1) is 11.3 Å². The molecule has 1 fully saturated rings. The Morgan fingerprint density at radius 2 is 2.07 bits per heavy atom. The molecule has 2 aromatic rings. The second-order valence-corrected chi connectivity index (χ2v) is 8.66. The molecule has 0 aliphatic heterocycles. The number of rotatable bonds is 6. The lowest BCUT2D eigenvalue weighted by Gasteiger charge is -2.20. The highest BCUT2D eigenvalue weighted by Crippen LogP contribution is 2.35. The van der Waals surface area contributed by atoms with Crippen LogP contribution in [0, 0.1) is 17.8 Å². The quantitative estimate of drug-likeness (QED) is 0.679. The number of hydrogen-bond donors (Lipinski definition) is 2. The minimum Gasteiger partial charge on any atom is -0.378 e. The fraction of sp³-hybridized carbons (Fsp3) is 0.478. The molecule has 1 aliphatic carbocycles. The van der Waals surface area contributed by atoms with Gasteiger partial charge in [-0.1, -0.05) is 56.6 Å². The van der Waals surface area contributed by atoms with Crippen LogP contribution in [0.25, 0.3) is 0 Å². The summed E-state index contributed by atoms with van der Waals surface area (Å²) in [4.78, 5) is 17.2. The van der Waals surface area contributed by atoms with E-state index in [1.165, 1.54) is 37.0 Å². The van der Waals surface area contributed by atoms with Crippen molar-refractivity contribution in [1.82, 2.24) is 4.98 Å². The molecule has 1 aliphatic rings. The van der Waals surface area contributed by atoms with Crippen LogP contribution in [0.2, 0.25) is 0 Å². The van der Waals surface area contributed by atoms with Crippen LogP contribution >= 0.6 is 11.3 Å². The van der Waals surface area contributed by atoms with Crippen molar-refractivity contribution in [3.8, 4) is 11.8 Å². The van der Waals surface area contributed by atoms with E-state index in [9.17, 15) is 9.90 Å². The standard InChI is InChI=1S/C23H28N2O2S/c1-3-23(2,27)13-12-17-8-10-19(11-9-17)20(16-18-6-4-5-7-18)21(26)25-22-24-14-15-28-22/h8-11,14-15,18,20,27H,3-7,16H2,1-2H3,(H,24,25,26). The van der Waals surface area contributed by atoms with Crippen LogP contribution in [-0.4, -0.2) is 21.6 Å². The van der Waals surface area contributed by atoms with Gasteiger partial charge in [-0.3, -0.25) is 4.79 Å². The van der Waals surface area contributed by atoms with Gasteiger partial charge in [0.15, 0.2) is 5.13 Å². The molecule has 0 saturated heterocycles. The van der Waals surface area contributed by atoms with Crippen molar-refractivity contribution in [3.63, 3.8) is 0 Å². The molecule has 2 atom stereocenters. The van der Waals surface area contributed by atoms with Crippen molar-refractivity contribution in [3.05, 3.63) is 47.0 Å². The van der Waals surface area contributed by atoms with Crippen LogP contribution in [0.3, 0.4) is 0 Å². The summed E-state index contributed by atoms with van der Waals surface area (Å²) in [5.41, 5.74) is 0.878. The van der Waals surface area contributed by atoms with E-state index in [-0.39, 0.29) is 11.8 Å². The molecule has 1 amide bonds. The summed E-state index contributed by atoms with van der Waals surface area (Å²) in [6.07, 6.45) is 8.08. The summed E-state index contributed by atoms with van der Waals surface area (Å²) in [5, 5.41) is 15.5. The third-order valence-electron chi connectivity index (χ3n) is 5.50.